The predicted octanol–water partition coefficient (Wildman–Crippen LogP) is 4.57. The standard InChI is InChI=1S/C18H23NOS/c1-18(2,3)19-12-14-7-9-17(10-8-14)21-13-15-5-4-6-16(20)11-15/h4-11,19-20H,12-13H2,1-3H3. The maximum absolute atomic E-state index is 9.46. The largest absolute Gasteiger partial charge is 0.508 e. The van der Waals surface area contributed by atoms with Gasteiger partial charge in [0.1, 0.15) is 5.75 Å². The zero-order valence-corrected chi connectivity index (χ0v) is 13.7. The second-order valence-corrected chi connectivity index (χ2v) is 7.25. The summed E-state index contributed by atoms with van der Waals surface area (Å²) in [5.41, 5.74) is 2.58. The predicted molar refractivity (Wildman–Crippen MR) is 90.7 cm³/mol. The minimum atomic E-state index is 0.142. The van der Waals surface area contributed by atoms with E-state index in [2.05, 4.69) is 50.4 Å². The summed E-state index contributed by atoms with van der Waals surface area (Å²) in [4.78, 5) is 1.25. The molecule has 2 nitrogen and oxygen atoms in total. The van der Waals surface area contributed by atoms with Crippen LogP contribution < -0.4 is 5.32 Å². The second-order valence-electron chi connectivity index (χ2n) is 6.21. The number of phenols is 1. The Labute approximate surface area is 131 Å². The van der Waals surface area contributed by atoms with Crippen molar-refractivity contribution < 1.29 is 5.11 Å². The first-order valence-electron chi connectivity index (χ1n) is 7.17. The molecular weight excluding hydrogens is 278 g/mol. The number of hydrogen-bond donors (Lipinski definition) is 2. The van der Waals surface area contributed by atoms with E-state index in [0.717, 1.165) is 17.9 Å². The molecule has 0 aliphatic rings. The second kappa shape index (κ2) is 7.01. The van der Waals surface area contributed by atoms with Crippen molar-refractivity contribution in [1.82, 2.24) is 5.32 Å². The minimum Gasteiger partial charge on any atom is -0.508 e. The van der Waals surface area contributed by atoms with Crippen molar-refractivity contribution in [2.24, 2.45) is 0 Å². The van der Waals surface area contributed by atoms with Gasteiger partial charge in [-0.15, -0.1) is 11.8 Å². The molecule has 0 bridgehead atoms. The Balaban J connectivity index is 1.87. The van der Waals surface area contributed by atoms with Crippen molar-refractivity contribution >= 4 is 11.8 Å². The van der Waals surface area contributed by atoms with Gasteiger partial charge in [0.2, 0.25) is 0 Å². The molecular formula is C18H23NOS. The molecule has 0 heterocycles. The highest BCUT2D eigenvalue weighted by molar-refractivity contribution is 7.98. The van der Waals surface area contributed by atoms with Gasteiger partial charge in [0.25, 0.3) is 0 Å². The maximum atomic E-state index is 9.46. The Morgan fingerprint density at radius 1 is 1.00 bits per heavy atom. The number of nitrogens with one attached hydrogen (secondary N) is 1. The van der Waals surface area contributed by atoms with Crippen LogP contribution in [0.2, 0.25) is 0 Å². The van der Waals surface area contributed by atoms with Crippen molar-refractivity contribution in [3.05, 3.63) is 59.7 Å². The van der Waals surface area contributed by atoms with Gasteiger partial charge in [-0.2, -0.15) is 0 Å². The first-order valence-corrected chi connectivity index (χ1v) is 8.16. The van der Waals surface area contributed by atoms with E-state index in [0.29, 0.717) is 5.75 Å². The van der Waals surface area contributed by atoms with Crippen molar-refractivity contribution in [2.75, 3.05) is 0 Å². The van der Waals surface area contributed by atoms with E-state index in [9.17, 15) is 5.11 Å². The molecule has 0 aliphatic carbocycles. The van der Waals surface area contributed by atoms with Crippen LogP contribution in [0.3, 0.4) is 0 Å². The molecule has 2 rings (SSSR count). The summed E-state index contributed by atoms with van der Waals surface area (Å²) in [7, 11) is 0. The van der Waals surface area contributed by atoms with E-state index in [1.165, 1.54) is 10.5 Å². The highest BCUT2D eigenvalue weighted by Gasteiger charge is 2.08. The summed E-state index contributed by atoms with van der Waals surface area (Å²) < 4.78 is 0. The first kappa shape index (κ1) is 15.9. The molecule has 0 aliphatic heterocycles. The van der Waals surface area contributed by atoms with Crippen LogP contribution in [0.15, 0.2) is 53.4 Å². The fourth-order valence-electron chi connectivity index (χ4n) is 1.88. The number of thioether (sulfide) groups is 1. The molecule has 0 fully saturated rings. The third-order valence-electron chi connectivity index (χ3n) is 3.06. The molecule has 0 unspecified atom stereocenters. The molecule has 0 radical (unpaired) electrons. The van der Waals surface area contributed by atoms with Crippen LogP contribution in [0.1, 0.15) is 31.9 Å². The van der Waals surface area contributed by atoms with E-state index in [1.807, 2.05) is 18.2 Å². The fourth-order valence-corrected chi connectivity index (χ4v) is 2.73. The van der Waals surface area contributed by atoms with Crippen LogP contribution in [0.25, 0.3) is 0 Å². The van der Waals surface area contributed by atoms with Crippen molar-refractivity contribution in [2.45, 2.75) is 43.5 Å². The normalized spacial score (nSPS) is 11.6. The van der Waals surface area contributed by atoms with Gasteiger partial charge < -0.3 is 10.4 Å². The molecule has 0 atom stereocenters. The van der Waals surface area contributed by atoms with Crippen LogP contribution >= 0.6 is 11.8 Å². The number of benzene rings is 2. The van der Waals surface area contributed by atoms with E-state index in [1.54, 1.807) is 17.8 Å². The van der Waals surface area contributed by atoms with Gasteiger partial charge in [-0.1, -0.05) is 24.3 Å². The summed E-state index contributed by atoms with van der Waals surface area (Å²) >= 11 is 1.78. The quantitative estimate of drug-likeness (QED) is 0.793. The lowest BCUT2D eigenvalue weighted by Gasteiger charge is -2.20. The summed E-state index contributed by atoms with van der Waals surface area (Å²) in [5.74, 6) is 1.20. The number of hydrogen-bond acceptors (Lipinski definition) is 3. The molecule has 0 aromatic heterocycles. The van der Waals surface area contributed by atoms with Crippen LogP contribution in [-0.2, 0) is 12.3 Å². The zero-order chi connectivity index (χ0) is 15.3. The molecule has 0 saturated heterocycles. The van der Waals surface area contributed by atoms with E-state index < -0.39 is 0 Å². The molecule has 112 valence electrons. The average molecular weight is 301 g/mol. The molecule has 2 aromatic carbocycles. The Morgan fingerprint density at radius 3 is 2.33 bits per heavy atom. The molecule has 2 aromatic rings. The van der Waals surface area contributed by atoms with Gasteiger partial charge in [0.15, 0.2) is 0 Å². The van der Waals surface area contributed by atoms with Crippen LogP contribution in [0, 0.1) is 0 Å². The Morgan fingerprint density at radius 2 is 1.71 bits per heavy atom. The SMILES string of the molecule is CC(C)(C)NCc1ccc(SCc2cccc(O)c2)cc1. The van der Waals surface area contributed by atoms with Gasteiger partial charge in [0.05, 0.1) is 0 Å². The number of rotatable bonds is 5. The fraction of sp³-hybridized carbons (Fsp3) is 0.333. The Kier molecular flexibility index (Phi) is 5.32. The van der Waals surface area contributed by atoms with E-state index in [-0.39, 0.29) is 5.54 Å². The number of aromatic hydroxyl groups is 1. The molecule has 0 amide bonds. The van der Waals surface area contributed by atoms with Crippen LogP contribution in [0.4, 0.5) is 0 Å². The van der Waals surface area contributed by atoms with Crippen LogP contribution in [0.5, 0.6) is 5.75 Å². The lowest BCUT2D eigenvalue weighted by atomic mass is 10.1. The molecule has 2 N–H and O–H groups in total. The van der Waals surface area contributed by atoms with Crippen molar-refractivity contribution in [1.29, 1.82) is 0 Å². The highest BCUT2D eigenvalue weighted by atomic mass is 32.2. The minimum absolute atomic E-state index is 0.142. The van der Waals surface area contributed by atoms with Gasteiger partial charge in [-0.05, 0) is 56.2 Å². The van der Waals surface area contributed by atoms with Crippen molar-refractivity contribution in [3.63, 3.8) is 0 Å². The van der Waals surface area contributed by atoms with Gasteiger partial charge in [-0.3, -0.25) is 0 Å². The van der Waals surface area contributed by atoms with Gasteiger partial charge >= 0.3 is 0 Å². The summed E-state index contributed by atoms with van der Waals surface area (Å²) in [6.07, 6.45) is 0. The zero-order valence-electron chi connectivity index (χ0n) is 12.9. The first-order chi connectivity index (χ1) is 9.92. The third-order valence-corrected chi connectivity index (χ3v) is 4.15. The summed E-state index contributed by atoms with van der Waals surface area (Å²) in [5, 5.41) is 12.9. The Bertz CT molecular complexity index is 573. The van der Waals surface area contributed by atoms with E-state index >= 15 is 0 Å². The average Bonchev–Trinajstić information content (AvgIpc) is 2.43. The summed E-state index contributed by atoms with van der Waals surface area (Å²) in [6.45, 7) is 7.41. The van der Waals surface area contributed by atoms with Gasteiger partial charge in [0, 0.05) is 22.7 Å². The third kappa shape index (κ3) is 5.82. The van der Waals surface area contributed by atoms with Crippen LogP contribution in [-0.4, -0.2) is 10.6 Å². The lowest BCUT2D eigenvalue weighted by Crippen LogP contribution is -2.35. The molecule has 21 heavy (non-hydrogen) atoms. The van der Waals surface area contributed by atoms with E-state index in [4.69, 9.17) is 0 Å². The number of phenolic OH excluding ortho intramolecular Hbond substituents is 1. The Hall–Kier alpha value is -1.45. The molecule has 3 heteroatoms. The maximum Gasteiger partial charge on any atom is 0.115 e. The topological polar surface area (TPSA) is 32.3 Å². The van der Waals surface area contributed by atoms with Crippen molar-refractivity contribution in [3.8, 4) is 5.75 Å². The highest BCUT2D eigenvalue weighted by Crippen LogP contribution is 2.24. The summed E-state index contributed by atoms with van der Waals surface area (Å²) in [6, 6.07) is 16.1. The molecule has 0 spiro atoms. The smallest absolute Gasteiger partial charge is 0.115 e. The lowest BCUT2D eigenvalue weighted by molar-refractivity contribution is 0.424. The van der Waals surface area contributed by atoms with Gasteiger partial charge in [-0.25, -0.2) is 0 Å². The molecule has 0 saturated carbocycles. The monoisotopic (exact) mass is 301 g/mol.